The van der Waals surface area contributed by atoms with Gasteiger partial charge in [-0.05, 0) is 30.0 Å². The standard InChI is InChI=1S/C11H7FN4S2/c12-6-4-14-10(15-5-6)18-11-16-8-2-1-7(13)3-9(8)17-11/h1-5H,13H2. The van der Waals surface area contributed by atoms with E-state index in [1.54, 1.807) is 0 Å². The molecule has 0 amide bonds. The Labute approximate surface area is 110 Å². The molecule has 0 fully saturated rings. The SMILES string of the molecule is Nc1ccc2nc(Sc3ncc(F)cn3)sc2c1. The molecule has 0 unspecified atom stereocenters. The fourth-order valence-corrected chi connectivity index (χ4v) is 3.31. The molecule has 2 aromatic heterocycles. The molecule has 7 heteroatoms. The Hall–Kier alpha value is -1.73. The lowest BCUT2D eigenvalue weighted by atomic mass is 10.3. The summed E-state index contributed by atoms with van der Waals surface area (Å²) in [5.41, 5.74) is 7.30. The van der Waals surface area contributed by atoms with Crippen LogP contribution in [0.25, 0.3) is 10.2 Å². The van der Waals surface area contributed by atoms with E-state index < -0.39 is 5.82 Å². The van der Waals surface area contributed by atoms with E-state index in [0.717, 1.165) is 26.9 Å². The van der Waals surface area contributed by atoms with Crippen molar-refractivity contribution in [3.8, 4) is 0 Å². The van der Waals surface area contributed by atoms with Crippen LogP contribution in [0.3, 0.4) is 0 Å². The van der Waals surface area contributed by atoms with Gasteiger partial charge in [0.15, 0.2) is 15.3 Å². The van der Waals surface area contributed by atoms with Gasteiger partial charge in [0.2, 0.25) is 0 Å². The molecule has 0 radical (unpaired) electrons. The first-order valence-corrected chi connectivity index (χ1v) is 6.65. The van der Waals surface area contributed by atoms with Crippen LogP contribution >= 0.6 is 23.1 Å². The Morgan fingerprint density at radius 2 is 2.00 bits per heavy atom. The zero-order valence-electron chi connectivity index (χ0n) is 9.00. The maximum absolute atomic E-state index is 12.7. The fraction of sp³-hybridized carbons (Fsp3) is 0. The largest absolute Gasteiger partial charge is 0.399 e. The summed E-state index contributed by atoms with van der Waals surface area (Å²) in [4.78, 5) is 12.2. The van der Waals surface area contributed by atoms with Gasteiger partial charge in [0.05, 0.1) is 22.6 Å². The number of fused-ring (bicyclic) bond motifs is 1. The molecule has 0 atom stereocenters. The Kier molecular flexibility index (Phi) is 2.85. The Bertz CT molecular complexity index is 696. The number of aromatic nitrogens is 3. The molecule has 0 aliphatic rings. The number of anilines is 1. The molecular weight excluding hydrogens is 271 g/mol. The first-order valence-electron chi connectivity index (χ1n) is 5.02. The average Bonchev–Trinajstić information content (AvgIpc) is 2.73. The molecule has 2 heterocycles. The molecule has 2 N–H and O–H groups in total. The van der Waals surface area contributed by atoms with Crippen molar-refractivity contribution in [1.29, 1.82) is 0 Å². The van der Waals surface area contributed by atoms with Crippen LogP contribution in [0.4, 0.5) is 10.1 Å². The highest BCUT2D eigenvalue weighted by Gasteiger charge is 2.07. The molecule has 0 bridgehead atoms. The number of nitrogen functional groups attached to an aromatic ring is 1. The van der Waals surface area contributed by atoms with E-state index in [1.165, 1.54) is 23.1 Å². The number of nitrogens with zero attached hydrogens (tertiary/aromatic N) is 3. The smallest absolute Gasteiger partial charge is 0.194 e. The number of nitrogens with two attached hydrogens (primary N) is 1. The van der Waals surface area contributed by atoms with Crippen molar-refractivity contribution < 1.29 is 4.39 Å². The van der Waals surface area contributed by atoms with Crippen molar-refractivity contribution in [1.82, 2.24) is 15.0 Å². The molecule has 0 aliphatic carbocycles. The van der Waals surface area contributed by atoms with Crippen LogP contribution in [0.15, 0.2) is 40.1 Å². The second kappa shape index (κ2) is 4.51. The third-order valence-corrected chi connectivity index (χ3v) is 4.14. The molecule has 18 heavy (non-hydrogen) atoms. The molecule has 0 saturated carbocycles. The lowest BCUT2D eigenvalue weighted by Crippen LogP contribution is -1.86. The fourth-order valence-electron chi connectivity index (χ4n) is 1.39. The summed E-state index contributed by atoms with van der Waals surface area (Å²) in [6, 6.07) is 5.56. The second-order valence-electron chi connectivity index (χ2n) is 3.49. The van der Waals surface area contributed by atoms with Gasteiger partial charge in [-0.25, -0.2) is 19.3 Å². The van der Waals surface area contributed by atoms with E-state index in [1.807, 2.05) is 18.2 Å². The zero-order chi connectivity index (χ0) is 12.5. The summed E-state index contributed by atoms with van der Waals surface area (Å²) in [5, 5.41) is 0.475. The van der Waals surface area contributed by atoms with Gasteiger partial charge in [0, 0.05) is 5.69 Å². The van der Waals surface area contributed by atoms with Gasteiger partial charge < -0.3 is 5.73 Å². The molecule has 90 valence electrons. The van der Waals surface area contributed by atoms with E-state index in [9.17, 15) is 4.39 Å². The van der Waals surface area contributed by atoms with Gasteiger partial charge in [-0.2, -0.15) is 0 Å². The number of benzene rings is 1. The quantitative estimate of drug-likeness (QED) is 0.576. The average molecular weight is 278 g/mol. The first-order chi connectivity index (χ1) is 8.70. The lowest BCUT2D eigenvalue weighted by molar-refractivity contribution is 0.605. The minimum Gasteiger partial charge on any atom is -0.399 e. The van der Waals surface area contributed by atoms with E-state index in [4.69, 9.17) is 5.73 Å². The molecule has 3 rings (SSSR count). The van der Waals surface area contributed by atoms with Crippen LogP contribution in [0.2, 0.25) is 0 Å². The number of hydrogen-bond acceptors (Lipinski definition) is 6. The second-order valence-corrected chi connectivity index (χ2v) is 5.74. The number of hydrogen-bond donors (Lipinski definition) is 1. The summed E-state index contributed by atoms with van der Waals surface area (Å²) < 4.78 is 14.5. The summed E-state index contributed by atoms with van der Waals surface area (Å²) in [6.45, 7) is 0. The third-order valence-electron chi connectivity index (χ3n) is 2.17. The molecule has 3 aromatic rings. The zero-order valence-corrected chi connectivity index (χ0v) is 10.6. The van der Waals surface area contributed by atoms with Crippen molar-refractivity contribution in [3.63, 3.8) is 0 Å². The summed E-state index contributed by atoms with van der Waals surface area (Å²) in [6.07, 6.45) is 2.28. The topological polar surface area (TPSA) is 64.7 Å². The van der Waals surface area contributed by atoms with E-state index in [0.29, 0.717) is 10.8 Å². The molecule has 0 spiro atoms. The maximum atomic E-state index is 12.7. The number of halogens is 1. The number of thiazole rings is 1. The Morgan fingerprint density at radius 3 is 2.78 bits per heavy atom. The highest BCUT2D eigenvalue weighted by Crippen LogP contribution is 2.33. The Balaban J connectivity index is 1.92. The molecular formula is C11H7FN4S2. The minimum atomic E-state index is -0.448. The van der Waals surface area contributed by atoms with Crippen LogP contribution in [-0.4, -0.2) is 15.0 Å². The van der Waals surface area contributed by atoms with Crippen molar-refractivity contribution in [2.45, 2.75) is 9.50 Å². The predicted molar refractivity (Wildman–Crippen MR) is 70.1 cm³/mol. The predicted octanol–water partition coefficient (Wildman–Crippen LogP) is 2.96. The summed E-state index contributed by atoms with van der Waals surface area (Å²) in [5.74, 6) is -0.448. The molecule has 0 saturated heterocycles. The van der Waals surface area contributed by atoms with Crippen LogP contribution in [0.5, 0.6) is 0 Å². The van der Waals surface area contributed by atoms with Crippen LogP contribution < -0.4 is 5.73 Å². The molecule has 1 aromatic carbocycles. The van der Waals surface area contributed by atoms with Crippen molar-refractivity contribution >= 4 is 39.0 Å². The van der Waals surface area contributed by atoms with Gasteiger partial charge in [-0.1, -0.05) is 0 Å². The summed E-state index contributed by atoms with van der Waals surface area (Å²) >= 11 is 2.81. The van der Waals surface area contributed by atoms with Crippen molar-refractivity contribution in [2.75, 3.05) is 5.73 Å². The van der Waals surface area contributed by atoms with E-state index >= 15 is 0 Å². The van der Waals surface area contributed by atoms with Gasteiger partial charge in [0.25, 0.3) is 0 Å². The normalized spacial score (nSPS) is 10.9. The van der Waals surface area contributed by atoms with E-state index in [-0.39, 0.29) is 0 Å². The highest BCUT2D eigenvalue weighted by atomic mass is 32.2. The van der Waals surface area contributed by atoms with Crippen molar-refractivity contribution in [2.24, 2.45) is 0 Å². The Morgan fingerprint density at radius 1 is 1.22 bits per heavy atom. The van der Waals surface area contributed by atoms with Crippen LogP contribution in [-0.2, 0) is 0 Å². The summed E-state index contributed by atoms with van der Waals surface area (Å²) in [7, 11) is 0. The lowest BCUT2D eigenvalue weighted by Gasteiger charge is -1.93. The number of rotatable bonds is 2. The van der Waals surface area contributed by atoms with Crippen LogP contribution in [0.1, 0.15) is 0 Å². The van der Waals surface area contributed by atoms with Gasteiger partial charge >= 0.3 is 0 Å². The molecule has 0 aliphatic heterocycles. The first kappa shape index (κ1) is 11.4. The van der Waals surface area contributed by atoms with Gasteiger partial charge in [-0.3, -0.25) is 0 Å². The third kappa shape index (κ3) is 2.27. The molecule has 4 nitrogen and oxygen atoms in total. The minimum absolute atomic E-state index is 0.448. The van der Waals surface area contributed by atoms with Gasteiger partial charge in [0.1, 0.15) is 0 Å². The van der Waals surface area contributed by atoms with Gasteiger partial charge in [-0.15, -0.1) is 11.3 Å². The maximum Gasteiger partial charge on any atom is 0.194 e. The monoisotopic (exact) mass is 278 g/mol. The van der Waals surface area contributed by atoms with Crippen LogP contribution in [0, 0.1) is 5.82 Å². The van der Waals surface area contributed by atoms with E-state index in [2.05, 4.69) is 15.0 Å². The van der Waals surface area contributed by atoms with Crippen molar-refractivity contribution in [3.05, 3.63) is 36.4 Å². The highest BCUT2D eigenvalue weighted by molar-refractivity contribution is 8.01.